The summed E-state index contributed by atoms with van der Waals surface area (Å²) in [6, 6.07) is 11.2. The highest BCUT2D eigenvalue weighted by atomic mass is 19.1. The summed E-state index contributed by atoms with van der Waals surface area (Å²) in [5.74, 6) is -0.778. The Bertz CT molecular complexity index is 1250. The molecule has 5 rings (SSSR count). The van der Waals surface area contributed by atoms with E-state index in [1.807, 2.05) is 0 Å². The normalized spacial score (nSPS) is 23.8. The summed E-state index contributed by atoms with van der Waals surface area (Å²) in [6.07, 6.45) is 3.12. The number of allylic oxidation sites excluding steroid dienone is 1. The number of nitrogens with two attached hydrogens (primary N) is 1. The van der Waals surface area contributed by atoms with E-state index in [1.54, 1.807) is 38.2 Å². The van der Waals surface area contributed by atoms with Gasteiger partial charge in [-0.05, 0) is 49.6 Å². The SMILES string of the molecule is CN=C1NC(N)(c2ccc(-n3cnc(C)n3)c(F)c2)NC2=C1CCC2c1ccc(F)cc1. The molecular weight excluding hydrogens is 412 g/mol. The average molecular weight is 435 g/mol. The molecule has 0 fully saturated rings. The van der Waals surface area contributed by atoms with Crippen LogP contribution in [0.5, 0.6) is 0 Å². The lowest BCUT2D eigenvalue weighted by Gasteiger charge is -2.40. The topological polar surface area (TPSA) is 93.1 Å². The maximum Gasteiger partial charge on any atom is 0.190 e. The largest absolute Gasteiger partial charge is 0.349 e. The Morgan fingerprint density at radius 3 is 2.59 bits per heavy atom. The van der Waals surface area contributed by atoms with E-state index in [-0.39, 0.29) is 17.4 Å². The minimum atomic E-state index is -1.27. The van der Waals surface area contributed by atoms with E-state index >= 15 is 4.39 Å². The molecule has 2 aliphatic rings. The van der Waals surface area contributed by atoms with Crippen LogP contribution in [0.2, 0.25) is 0 Å². The molecule has 4 N–H and O–H groups in total. The fourth-order valence-corrected chi connectivity index (χ4v) is 4.46. The fraction of sp³-hybridized carbons (Fsp3) is 0.261. The zero-order chi connectivity index (χ0) is 22.5. The minimum absolute atomic E-state index is 0.0228. The van der Waals surface area contributed by atoms with Gasteiger partial charge in [0, 0.05) is 29.8 Å². The number of hydrogen-bond donors (Lipinski definition) is 3. The van der Waals surface area contributed by atoms with E-state index in [9.17, 15) is 4.39 Å². The standard InChI is InChI=1S/C23H23F2N7/c1-13-28-12-32(31-13)20-10-5-15(11-19(20)25)23(26)29-21-17(14-3-6-16(24)7-4-14)8-9-18(21)22(27-2)30-23/h3-7,10-12,17,29H,8-9,26H2,1-2H3,(H,27,30). The van der Waals surface area contributed by atoms with E-state index in [0.717, 1.165) is 29.7 Å². The van der Waals surface area contributed by atoms with Gasteiger partial charge in [0.25, 0.3) is 0 Å². The quantitative estimate of drug-likeness (QED) is 0.588. The Hall–Kier alpha value is -3.59. The van der Waals surface area contributed by atoms with Crippen LogP contribution in [0.3, 0.4) is 0 Å². The average Bonchev–Trinajstić information content (AvgIpc) is 3.40. The molecule has 0 saturated carbocycles. The van der Waals surface area contributed by atoms with Gasteiger partial charge in [-0.2, -0.15) is 5.10 Å². The van der Waals surface area contributed by atoms with Gasteiger partial charge in [-0.15, -0.1) is 0 Å². The molecule has 7 nitrogen and oxygen atoms in total. The van der Waals surface area contributed by atoms with Crippen LogP contribution in [0.4, 0.5) is 8.78 Å². The van der Waals surface area contributed by atoms with Crippen molar-refractivity contribution in [2.75, 3.05) is 7.05 Å². The molecular formula is C23H23F2N7. The number of aliphatic imine (C=N–C) groups is 1. The first-order valence-electron chi connectivity index (χ1n) is 10.4. The smallest absolute Gasteiger partial charge is 0.190 e. The molecule has 2 atom stereocenters. The predicted molar refractivity (Wildman–Crippen MR) is 117 cm³/mol. The number of amidine groups is 1. The summed E-state index contributed by atoms with van der Waals surface area (Å²) < 4.78 is 29.8. The second kappa shape index (κ2) is 7.52. The summed E-state index contributed by atoms with van der Waals surface area (Å²) >= 11 is 0. The van der Waals surface area contributed by atoms with E-state index in [2.05, 4.69) is 25.7 Å². The monoisotopic (exact) mass is 435 g/mol. The van der Waals surface area contributed by atoms with Gasteiger partial charge in [0.2, 0.25) is 0 Å². The highest BCUT2D eigenvalue weighted by Crippen LogP contribution is 2.41. The summed E-state index contributed by atoms with van der Waals surface area (Å²) in [5.41, 5.74) is 10.5. The van der Waals surface area contributed by atoms with Crippen LogP contribution in [-0.2, 0) is 5.79 Å². The number of halogens is 2. The number of rotatable bonds is 3. The second-order valence-electron chi connectivity index (χ2n) is 8.07. The lowest BCUT2D eigenvalue weighted by Crippen LogP contribution is -2.65. The molecule has 164 valence electrons. The van der Waals surface area contributed by atoms with Crippen LogP contribution < -0.4 is 16.4 Å². The lowest BCUT2D eigenvalue weighted by atomic mass is 9.94. The molecule has 1 aliphatic heterocycles. The van der Waals surface area contributed by atoms with E-state index in [0.29, 0.717) is 17.2 Å². The summed E-state index contributed by atoms with van der Waals surface area (Å²) in [7, 11) is 1.70. The van der Waals surface area contributed by atoms with Crippen molar-refractivity contribution in [3.63, 3.8) is 0 Å². The first-order valence-corrected chi connectivity index (χ1v) is 10.4. The van der Waals surface area contributed by atoms with Crippen LogP contribution >= 0.6 is 0 Å². The van der Waals surface area contributed by atoms with E-state index in [1.165, 1.54) is 29.2 Å². The van der Waals surface area contributed by atoms with Crippen LogP contribution in [-0.4, -0.2) is 27.6 Å². The molecule has 1 aliphatic carbocycles. The summed E-state index contributed by atoms with van der Waals surface area (Å²) in [5, 5.41) is 10.8. The third-order valence-electron chi connectivity index (χ3n) is 6.04. The van der Waals surface area contributed by atoms with Crippen molar-refractivity contribution in [2.24, 2.45) is 10.7 Å². The minimum Gasteiger partial charge on any atom is -0.349 e. The van der Waals surface area contributed by atoms with Crippen LogP contribution in [0, 0.1) is 18.6 Å². The van der Waals surface area contributed by atoms with Gasteiger partial charge in [0.05, 0.1) is 0 Å². The molecule has 0 spiro atoms. The number of aromatic nitrogens is 3. The molecule has 2 unspecified atom stereocenters. The van der Waals surface area contributed by atoms with Gasteiger partial charge in [-0.25, -0.2) is 18.4 Å². The van der Waals surface area contributed by atoms with Crippen molar-refractivity contribution in [3.05, 3.63) is 88.6 Å². The zero-order valence-electron chi connectivity index (χ0n) is 17.7. The fourth-order valence-electron chi connectivity index (χ4n) is 4.46. The highest BCUT2D eigenvalue weighted by molar-refractivity contribution is 6.01. The first-order chi connectivity index (χ1) is 15.4. The molecule has 1 aromatic heterocycles. The maximum absolute atomic E-state index is 15.0. The molecule has 2 aromatic carbocycles. The van der Waals surface area contributed by atoms with Crippen molar-refractivity contribution in [2.45, 2.75) is 31.5 Å². The number of hydrogen-bond acceptors (Lipinski definition) is 5. The van der Waals surface area contributed by atoms with E-state index in [4.69, 9.17) is 5.73 Å². The van der Waals surface area contributed by atoms with Crippen LogP contribution in [0.1, 0.15) is 35.7 Å². The number of nitrogens with zero attached hydrogens (tertiary/aromatic N) is 4. The van der Waals surface area contributed by atoms with Gasteiger partial charge in [-0.1, -0.05) is 18.2 Å². The van der Waals surface area contributed by atoms with Crippen molar-refractivity contribution < 1.29 is 8.78 Å². The summed E-state index contributed by atoms with van der Waals surface area (Å²) in [4.78, 5) is 8.45. The molecule has 3 aromatic rings. The molecule has 0 amide bonds. The van der Waals surface area contributed by atoms with Crippen LogP contribution in [0.15, 0.2) is 65.1 Å². The lowest BCUT2D eigenvalue weighted by molar-refractivity contribution is 0.330. The number of aryl methyl sites for hydroxylation is 1. The Morgan fingerprint density at radius 1 is 1.16 bits per heavy atom. The zero-order valence-corrected chi connectivity index (χ0v) is 17.7. The van der Waals surface area contributed by atoms with Gasteiger partial charge in [-0.3, -0.25) is 10.7 Å². The molecule has 2 heterocycles. The number of nitrogens with one attached hydrogen (secondary N) is 2. The molecule has 0 radical (unpaired) electrons. The van der Waals surface area contributed by atoms with Gasteiger partial charge in [0.1, 0.15) is 35.3 Å². The van der Waals surface area contributed by atoms with Gasteiger partial charge in [0.15, 0.2) is 5.79 Å². The molecule has 9 heteroatoms. The van der Waals surface area contributed by atoms with E-state index < -0.39 is 11.6 Å². The van der Waals surface area contributed by atoms with Crippen molar-refractivity contribution in [1.82, 2.24) is 25.4 Å². The third-order valence-corrected chi connectivity index (χ3v) is 6.04. The Balaban J connectivity index is 1.51. The molecule has 0 bridgehead atoms. The second-order valence-corrected chi connectivity index (χ2v) is 8.07. The van der Waals surface area contributed by atoms with Crippen LogP contribution in [0.25, 0.3) is 5.69 Å². The number of benzene rings is 2. The van der Waals surface area contributed by atoms with Gasteiger partial charge < -0.3 is 10.6 Å². The Kier molecular flexibility index (Phi) is 4.78. The molecule has 0 saturated heterocycles. The van der Waals surface area contributed by atoms with Crippen molar-refractivity contribution in [3.8, 4) is 5.69 Å². The predicted octanol–water partition coefficient (Wildman–Crippen LogP) is 2.98. The highest BCUT2D eigenvalue weighted by Gasteiger charge is 2.41. The molecule has 32 heavy (non-hydrogen) atoms. The summed E-state index contributed by atoms with van der Waals surface area (Å²) in [6.45, 7) is 1.74. The Morgan fingerprint density at radius 2 is 1.94 bits per heavy atom. The first kappa shape index (κ1) is 20.3. The maximum atomic E-state index is 15.0. The van der Waals surface area contributed by atoms with Crippen molar-refractivity contribution in [1.29, 1.82) is 0 Å². The third kappa shape index (κ3) is 3.34. The van der Waals surface area contributed by atoms with Gasteiger partial charge >= 0.3 is 0 Å². The van der Waals surface area contributed by atoms with Crippen molar-refractivity contribution >= 4 is 5.84 Å². The Labute approximate surface area is 184 Å².